The molecule has 29 heteroatoms. The molecule has 3 fully saturated rings. The molecule has 3 aliphatic rings. The fourth-order valence-corrected chi connectivity index (χ4v) is 8.58. The molecule has 0 saturated carbocycles. The Balaban J connectivity index is 1.56. The van der Waals surface area contributed by atoms with Crippen molar-refractivity contribution in [1.29, 1.82) is 0 Å². The standard InChI is InChI=1S/C43H58N8O20S/c1-19-16-51-35(36(19)59)40(63)45-15-23(53)12-25(46-43(66)68-18-21-6-4-3-5-7-21)37(60)47-32(20(2)52)41(64)50-17-24(54)13-26(50)38(61)48-33(39(62)49-34(42(51)65)29(57)14-31(44)58)28(56)10-22-8-9-27(55)30(11-22)69-72-71-70-67/h3-9,11,19-20,23-26,28-29,32-36,52-57,59,67H,10,12-18H2,1-2H3,(H2,44,58)(H,45,63)(H,46,66)(H,47,60)(H,48,61)(H,49,62)/t19-,20+,23+,24+,25-,26-,28+,29+,32-,33-,34-,35-,36-/m0/s1. The van der Waals surface area contributed by atoms with Gasteiger partial charge in [-0.3, -0.25) is 33.6 Å². The number of phenols is 1. The van der Waals surface area contributed by atoms with Gasteiger partial charge in [0.05, 0.1) is 43.0 Å². The lowest BCUT2D eigenvalue weighted by atomic mass is 9.98. The van der Waals surface area contributed by atoms with Crippen molar-refractivity contribution in [2.45, 2.75) is 119 Å². The molecule has 0 spiro atoms. The van der Waals surface area contributed by atoms with Crippen molar-refractivity contribution in [3.05, 3.63) is 59.7 Å². The van der Waals surface area contributed by atoms with Crippen LogP contribution in [0.25, 0.3) is 0 Å². The lowest BCUT2D eigenvalue weighted by molar-refractivity contribution is -0.433. The number of benzene rings is 2. The van der Waals surface area contributed by atoms with E-state index in [0.717, 1.165) is 28.9 Å². The molecule has 3 saturated heterocycles. The number of nitrogens with one attached hydrogen (secondary N) is 5. The van der Waals surface area contributed by atoms with E-state index in [1.54, 1.807) is 30.3 Å². The molecule has 3 aliphatic heterocycles. The number of aromatic hydroxyl groups is 1. The summed E-state index contributed by atoms with van der Waals surface area (Å²) in [5.41, 5.74) is 6.00. The fraction of sp³-hybridized carbons (Fsp3) is 0.535. The minimum absolute atomic E-state index is 0.0569. The Morgan fingerprint density at radius 1 is 0.819 bits per heavy atom. The van der Waals surface area contributed by atoms with Crippen molar-refractivity contribution in [3.8, 4) is 11.5 Å². The van der Waals surface area contributed by atoms with E-state index in [2.05, 4.69) is 36.0 Å². The number of ether oxygens (including phenoxy) is 1. The van der Waals surface area contributed by atoms with E-state index < -0.39 is 177 Å². The maximum atomic E-state index is 14.5. The second-order valence-corrected chi connectivity index (χ2v) is 17.9. The summed E-state index contributed by atoms with van der Waals surface area (Å²) in [7, 11) is 0. The third-order valence-electron chi connectivity index (χ3n) is 12.0. The van der Waals surface area contributed by atoms with E-state index in [1.165, 1.54) is 13.0 Å². The number of phenolic OH excluding ortho intramolecular Hbond substituents is 1. The third kappa shape index (κ3) is 14.8. The number of nitrogens with two attached hydrogens (primary N) is 1. The Morgan fingerprint density at radius 3 is 2.15 bits per heavy atom. The van der Waals surface area contributed by atoms with Gasteiger partial charge in [0.2, 0.25) is 41.4 Å². The average Bonchev–Trinajstić information content (AvgIpc) is 3.87. The Bertz CT molecular complexity index is 2270. The molecule has 8 amide bonds. The normalized spacial score (nSPS) is 28.2. The number of aliphatic hydroxyl groups is 6. The van der Waals surface area contributed by atoms with Crippen LogP contribution < -0.4 is 36.5 Å². The van der Waals surface area contributed by atoms with Crippen molar-refractivity contribution < 1.29 is 97.7 Å². The zero-order chi connectivity index (χ0) is 53.0. The first-order valence-corrected chi connectivity index (χ1v) is 23.0. The lowest BCUT2D eigenvalue weighted by Gasteiger charge is -2.33. The fourth-order valence-electron chi connectivity index (χ4n) is 8.32. The highest BCUT2D eigenvalue weighted by molar-refractivity contribution is 7.90. The average molecular weight is 1040 g/mol. The van der Waals surface area contributed by atoms with E-state index >= 15 is 0 Å². The quantitative estimate of drug-likeness (QED) is 0.0365. The maximum Gasteiger partial charge on any atom is 0.408 e. The molecule has 0 radical (unpaired) electrons. The van der Waals surface area contributed by atoms with Crippen molar-refractivity contribution >= 4 is 59.8 Å². The molecule has 0 aliphatic carbocycles. The van der Waals surface area contributed by atoms with Crippen LogP contribution in [-0.4, -0.2) is 191 Å². The molecular formula is C43H58N8O20S. The van der Waals surface area contributed by atoms with Crippen LogP contribution in [0.15, 0.2) is 48.5 Å². The van der Waals surface area contributed by atoms with E-state index in [9.17, 15) is 74.1 Å². The van der Waals surface area contributed by atoms with Gasteiger partial charge in [-0.15, -0.1) is 0 Å². The van der Waals surface area contributed by atoms with Crippen LogP contribution >= 0.6 is 12.3 Å². The van der Waals surface area contributed by atoms with Crippen LogP contribution in [0.2, 0.25) is 0 Å². The number of β-amino-alcohol motifs (C(OH)–C–C–N with tert-alkyl or cyclic N) is 1. The van der Waals surface area contributed by atoms with Crippen LogP contribution in [0.1, 0.15) is 44.2 Å². The highest BCUT2D eigenvalue weighted by atomic mass is 32.2. The minimum Gasteiger partial charge on any atom is -0.504 e. The summed E-state index contributed by atoms with van der Waals surface area (Å²) in [6.45, 7) is 0.604. The number of nitrogens with zero attached hydrogens (tertiary/aromatic N) is 2. The molecule has 2 aromatic carbocycles. The molecule has 3 heterocycles. The molecule has 396 valence electrons. The summed E-state index contributed by atoms with van der Waals surface area (Å²) in [5, 5.41) is 101. The van der Waals surface area contributed by atoms with E-state index in [-0.39, 0.29) is 30.2 Å². The van der Waals surface area contributed by atoms with Gasteiger partial charge in [0.1, 0.15) is 42.9 Å². The van der Waals surface area contributed by atoms with Gasteiger partial charge in [0.25, 0.3) is 12.3 Å². The largest absolute Gasteiger partial charge is 0.504 e. The summed E-state index contributed by atoms with van der Waals surface area (Å²) in [5.74, 6) is -10.2. The number of aliphatic hydroxyl groups excluding tert-OH is 6. The van der Waals surface area contributed by atoms with Crippen LogP contribution in [0.4, 0.5) is 4.79 Å². The van der Waals surface area contributed by atoms with E-state index in [4.69, 9.17) is 19.9 Å². The van der Waals surface area contributed by atoms with Crippen LogP contribution in [-0.2, 0) is 60.7 Å². The first kappa shape index (κ1) is 56.5. The predicted octanol–water partition coefficient (Wildman–Crippen LogP) is -4.92. The first-order chi connectivity index (χ1) is 34.1. The lowest BCUT2D eigenvalue weighted by Crippen LogP contribution is -2.64. The minimum atomic E-state index is -2.20. The predicted molar refractivity (Wildman–Crippen MR) is 242 cm³/mol. The summed E-state index contributed by atoms with van der Waals surface area (Å²) < 4.78 is 14.5. The highest BCUT2D eigenvalue weighted by Gasteiger charge is 2.50. The second-order valence-electron chi connectivity index (χ2n) is 17.5. The van der Waals surface area contributed by atoms with Gasteiger partial charge in [-0.2, -0.15) is 0 Å². The molecular weight excluding hydrogens is 981 g/mol. The summed E-state index contributed by atoms with van der Waals surface area (Å²) in [4.78, 5) is 112. The number of amides is 8. The Morgan fingerprint density at radius 2 is 1.49 bits per heavy atom. The molecule has 0 aromatic heterocycles. The molecule has 5 rings (SSSR count). The monoisotopic (exact) mass is 1040 g/mol. The van der Waals surface area contributed by atoms with Crippen molar-refractivity contribution in [1.82, 2.24) is 36.4 Å². The zero-order valence-corrected chi connectivity index (χ0v) is 39.5. The molecule has 13 atom stereocenters. The molecule has 0 unspecified atom stereocenters. The number of hydrogen-bond acceptors (Lipinski definition) is 21. The molecule has 72 heavy (non-hydrogen) atoms. The van der Waals surface area contributed by atoms with Crippen LogP contribution in [0.3, 0.4) is 0 Å². The van der Waals surface area contributed by atoms with Crippen LogP contribution in [0.5, 0.6) is 11.5 Å². The second kappa shape index (κ2) is 25.8. The van der Waals surface area contributed by atoms with Crippen molar-refractivity contribution in [2.24, 2.45) is 11.7 Å². The SMILES string of the molecule is C[C@@H](O)[C@@H]1NC(=O)[C@@H](NC(=O)OCc2ccccc2)C[C@@H](O)CNC(=O)[C@@H]2[C@@H](O)[C@@H](C)CN2C(=O)[C@H]([C@H](O)CC(N)=O)NC(=O)[C@H]([C@H](O)Cc2ccc(O)c(OSOOO)c2)NC(=O)[C@@H]2C[C@@H](O)CN2C1=O. The van der Waals surface area contributed by atoms with Gasteiger partial charge >= 0.3 is 6.09 Å². The highest BCUT2D eigenvalue weighted by Crippen LogP contribution is 2.31. The Hall–Kier alpha value is -6.41. The number of hydrogen-bond donors (Lipinski definition) is 14. The molecule has 2 aromatic rings. The number of rotatable bonds is 14. The summed E-state index contributed by atoms with van der Waals surface area (Å²) in [6.07, 6.45) is -14.7. The Labute approximate surface area is 414 Å². The summed E-state index contributed by atoms with van der Waals surface area (Å²) in [6, 6.07) is 0.268. The van der Waals surface area contributed by atoms with Gasteiger partial charge in [0.15, 0.2) is 11.5 Å². The molecule has 15 N–H and O–H groups in total. The summed E-state index contributed by atoms with van der Waals surface area (Å²) >= 11 is 0.0569. The topological polar surface area (TPSA) is 428 Å². The van der Waals surface area contributed by atoms with Gasteiger partial charge < -0.3 is 86.8 Å². The number of carbonyl (C=O) groups excluding carboxylic acids is 8. The van der Waals surface area contributed by atoms with Crippen LogP contribution in [0, 0.1) is 5.92 Å². The van der Waals surface area contributed by atoms with Gasteiger partial charge in [-0.05, 0) is 30.2 Å². The van der Waals surface area contributed by atoms with Gasteiger partial charge in [-0.1, -0.05) is 52.7 Å². The van der Waals surface area contributed by atoms with Crippen molar-refractivity contribution in [2.75, 3.05) is 19.6 Å². The van der Waals surface area contributed by atoms with Gasteiger partial charge in [-0.25, -0.2) is 10.1 Å². The number of primary amides is 1. The molecule has 0 bridgehead atoms. The number of fused-ring (bicyclic) bond motifs is 2. The smallest absolute Gasteiger partial charge is 0.408 e. The number of alkyl carbamates (subject to hydrolysis) is 1. The molecule has 28 nitrogen and oxygen atoms in total. The zero-order valence-electron chi connectivity index (χ0n) is 38.6. The third-order valence-corrected chi connectivity index (χ3v) is 12.4. The van der Waals surface area contributed by atoms with Gasteiger partial charge in [0, 0.05) is 44.8 Å². The maximum absolute atomic E-state index is 14.5. The first-order valence-electron chi connectivity index (χ1n) is 22.4. The Kier molecular flexibility index (Phi) is 20.3. The van der Waals surface area contributed by atoms with E-state index in [1.807, 2.05) is 0 Å². The number of carbonyl (C=O) groups is 8. The van der Waals surface area contributed by atoms with Crippen molar-refractivity contribution in [3.63, 3.8) is 0 Å². The van der Waals surface area contributed by atoms with E-state index in [0.29, 0.717) is 5.56 Å².